The van der Waals surface area contributed by atoms with Gasteiger partial charge in [0, 0.05) is 18.8 Å². The van der Waals surface area contributed by atoms with E-state index in [1.54, 1.807) is 6.92 Å². The predicted molar refractivity (Wildman–Crippen MR) is 79.2 cm³/mol. The van der Waals surface area contributed by atoms with Gasteiger partial charge in [-0.3, -0.25) is 4.68 Å². The molecular weight excluding hydrogens is 253 g/mol. The summed E-state index contributed by atoms with van der Waals surface area (Å²) in [4.78, 5) is 0. The summed E-state index contributed by atoms with van der Waals surface area (Å²) in [5, 5.41) is 7.94. The Kier molecular flexibility index (Phi) is 4.55. The molecule has 2 aromatic rings. The second-order valence-electron chi connectivity index (χ2n) is 5.24. The zero-order valence-corrected chi connectivity index (χ0v) is 12.6. The van der Waals surface area contributed by atoms with E-state index in [0.29, 0.717) is 5.56 Å². The molecule has 0 bridgehead atoms. The maximum atomic E-state index is 13.5. The van der Waals surface area contributed by atoms with E-state index < -0.39 is 0 Å². The molecule has 1 atom stereocenters. The van der Waals surface area contributed by atoms with Crippen LogP contribution in [0.3, 0.4) is 0 Å². The highest BCUT2D eigenvalue weighted by Crippen LogP contribution is 2.25. The molecule has 0 saturated heterocycles. The van der Waals surface area contributed by atoms with Gasteiger partial charge in [0.25, 0.3) is 0 Å². The fourth-order valence-corrected chi connectivity index (χ4v) is 2.44. The zero-order valence-electron chi connectivity index (χ0n) is 12.6. The molecule has 1 heterocycles. The van der Waals surface area contributed by atoms with Gasteiger partial charge < -0.3 is 5.32 Å². The van der Waals surface area contributed by atoms with Gasteiger partial charge in [-0.05, 0) is 44.0 Å². The van der Waals surface area contributed by atoms with E-state index in [1.807, 2.05) is 37.0 Å². The van der Waals surface area contributed by atoms with E-state index in [9.17, 15) is 4.39 Å². The number of benzene rings is 1. The Bertz CT molecular complexity index is 589. The molecule has 4 heteroatoms. The number of hydrogen-bond donors (Lipinski definition) is 1. The molecule has 3 nitrogen and oxygen atoms in total. The van der Waals surface area contributed by atoms with Gasteiger partial charge in [0.2, 0.25) is 0 Å². The normalized spacial score (nSPS) is 12.7. The lowest BCUT2D eigenvalue weighted by atomic mass is 9.97. The lowest BCUT2D eigenvalue weighted by molar-refractivity contribution is 0.588. The van der Waals surface area contributed by atoms with Gasteiger partial charge in [-0.2, -0.15) is 5.10 Å². The van der Waals surface area contributed by atoms with Crippen LogP contribution in [-0.4, -0.2) is 16.3 Å². The molecule has 1 aromatic heterocycles. The second kappa shape index (κ2) is 6.18. The fourth-order valence-electron chi connectivity index (χ4n) is 2.44. The number of halogens is 1. The van der Waals surface area contributed by atoms with Crippen LogP contribution in [0.2, 0.25) is 0 Å². The monoisotopic (exact) mass is 275 g/mol. The molecule has 0 fully saturated rings. The molecule has 0 aliphatic carbocycles. The summed E-state index contributed by atoms with van der Waals surface area (Å²) < 4.78 is 15.3. The van der Waals surface area contributed by atoms with Crippen LogP contribution >= 0.6 is 0 Å². The second-order valence-corrected chi connectivity index (χ2v) is 5.24. The minimum absolute atomic E-state index is 0.0583. The van der Waals surface area contributed by atoms with Crippen LogP contribution in [0.1, 0.15) is 41.8 Å². The lowest BCUT2D eigenvalue weighted by Gasteiger charge is -2.19. The van der Waals surface area contributed by atoms with Crippen molar-refractivity contribution in [2.24, 2.45) is 7.05 Å². The van der Waals surface area contributed by atoms with Gasteiger partial charge in [0.15, 0.2) is 0 Å². The van der Waals surface area contributed by atoms with Gasteiger partial charge in [-0.1, -0.05) is 19.1 Å². The van der Waals surface area contributed by atoms with E-state index in [0.717, 1.165) is 29.8 Å². The number of nitrogens with one attached hydrogen (secondary N) is 1. The van der Waals surface area contributed by atoms with Crippen molar-refractivity contribution >= 4 is 0 Å². The summed E-state index contributed by atoms with van der Waals surface area (Å²) in [5.74, 6) is -0.161. The molecule has 0 aliphatic rings. The first-order chi connectivity index (χ1) is 9.52. The first kappa shape index (κ1) is 14.7. The number of aryl methyl sites for hydroxylation is 3. The van der Waals surface area contributed by atoms with Crippen molar-refractivity contribution in [3.63, 3.8) is 0 Å². The van der Waals surface area contributed by atoms with E-state index in [2.05, 4.69) is 17.3 Å². The van der Waals surface area contributed by atoms with Gasteiger partial charge in [-0.15, -0.1) is 0 Å². The summed E-state index contributed by atoms with van der Waals surface area (Å²) >= 11 is 0. The molecule has 0 aliphatic heterocycles. The van der Waals surface area contributed by atoms with E-state index in [-0.39, 0.29) is 11.9 Å². The maximum absolute atomic E-state index is 13.5. The first-order valence-electron chi connectivity index (χ1n) is 7.02. The zero-order chi connectivity index (χ0) is 14.7. The van der Waals surface area contributed by atoms with Crippen LogP contribution < -0.4 is 5.32 Å². The predicted octanol–water partition coefficient (Wildman–Crippen LogP) is 3.27. The van der Waals surface area contributed by atoms with Crippen molar-refractivity contribution in [2.75, 3.05) is 6.54 Å². The third kappa shape index (κ3) is 3.07. The summed E-state index contributed by atoms with van der Waals surface area (Å²) in [7, 11) is 1.92. The molecule has 1 unspecified atom stereocenters. The maximum Gasteiger partial charge on any atom is 0.126 e. The third-order valence-corrected chi connectivity index (χ3v) is 3.48. The van der Waals surface area contributed by atoms with Crippen molar-refractivity contribution in [3.8, 4) is 0 Å². The Hall–Kier alpha value is -1.68. The molecule has 1 N–H and O–H groups in total. The van der Waals surface area contributed by atoms with Gasteiger partial charge in [0.1, 0.15) is 5.82 Å². The molecule has 0 radical (unpaired) electrons. The third-order valence-electron chi connectivity index (χ3n) is 3.48. The first-order valence-corrected chi connectivity index (χ1v) is 7.02. The molecule has 20 heavy (non-hydrogen) atoms. The average molecular weight is 275 g/mol. The summed E-state index contributed by atoms with van der Waals surface area (Å²) in [6.07, 6.45) is 3.08. The SMILES string of the molecule is CCCNC(c1ccc(F)c(C)c1)c1cn(C)nc1C. The van der Waals surface area contributed by atoms with Crippen molar-refractivity contribution < 1.29 is 4.39 Å². The molecule has 0 amide bonds. The minimum Gasteiger partial charge on any atom is -0.306 e. The van der Waals surface area contributed by atoms with Gasteiger partial charge >= 0.3 is 0 Å². The average Bonchev–Trinajstić information content (AvgIpc) is 2.73. The number of aromatic nitrogens is 2. The molecule has 1 aromatic carbocycles. The van der Waals surface area contributed by atoms with Crippen LogP contribution in [0.25, 0.3) is 0 Å². The summed E-state index contributed by atoms with van der Waals surface area (Å²) in [6, 6.07) is 5.36. The van der Waals surface area contributed by atoms with Crippen molar-refractivity contribution in [2.45, 2.75) is 33.2 Å². The van der Waals surface area contributed by atoms with Gasteiger partial charge in [0.05, 0.1) is 11.7 Å². The van der Waals surface area contributed by atoms with Crippen LogP contribution in [0, 0.1) is 19.7 Å². The van der Waals surface area contributed by atoms with Crippen molar-refractivity contribution in [1.82, 2.24) is 15.1 Å². The highest BCUT2D eigenvalue weighted by molar-refractivity contribution is 5.35. The highest BCUT2D eigenvalue weighted by atomic mass is 19.1. The molecule has 0 spiro atoms. The van der Waals surface area contributed by atoms with Crippen LogP contribution in [0.5, 0.6) is 0 Å². The number of nitrogens with zero attached hydrogens (tertiary/aromatic N) is 2. The Labute approximate surface area is 119 Å². The Morgan fingerprint density at radius 2 is 2.10 bits per heavy atom. The lowest BCUT2D eigenvalue weighted by Crippen LogP contribution is -2.23. The summed E-state index contributed by atoms with van der Waals surface area (Å²) in [5.41, 5.74) is 3.90. The smallest absolute Gasteiger partial charge is 0.126 e. The minimum atomic E-state index is -0.161. The Balaban J connectivity index is 2.41. The van der Waals surface area contributed by atoms with Crippen LogP contribution in [0.15, 0.2) is 24.4 Å². The van der Waals surface area contributed by atoms with Crippen LogP contribution in [-0.2, 0) is 7.05 Å². The van der Waals surface area contributed by atoms with E-state index in [4.69, 9.17) is 0 Å². The van der Waals surface area contributed by atoms with Crippen molar-refractivity contribution in [3.05, 3.63) is 52.6 Å². The van der Waals surface area contributed by atoms with E-state index in [1.165, 1.54) is 6.07 Å². The molecule has 0 saturated carbocycles. The fraction of sp³-hybridized carbons (Fsp3) is 0.438. The summed E-state index contributed by atoms with van der Waals surface area (Å²) in [6.45, 7) is 6.85. The molecule has 108 valence electrons. The Morgan fingerprint density at radius 3 is 2.65 bits per heavy atom. The Morgan fingerprint density at radius 1 is 1.35 bits per heavy atom. The highest BCUT2D eigenvalue weighted by Gasteiger charge is 2.18. The van der Waals surface area contributed by atoms with Gasteiger partial charge in [-0.25, -0.2) is 4.39 Å². The topological polar surface area (TPSA) is 29.9 Å². The standard InChI is InChI=1S/C16H22FN3/c1-5-8-18-16(14-10-20(4)19-12(14)3)13-6-7-15(17)11(2)9-13/h6-7,9-10,16,18H,5,8H2,1-4H3. The largest absolute Gasteiger partial charge is 0.306 e. The van der Waals surface area contributed by atoms with Crippen LogP contribution in [0.4, 0.5) is 4.39 Å². The van der Waals surface area contributed by atoms with Crippen molar-refractivity contribution in [1.29, 1.82) is 0 Å². The number of rotatable bonds is 5. The van der Waals surface area contributed by atoms with E-state index >= 15 is 0 Å². The number of hydrogen-bond acceptors (Lipinski definition) is 2. The quantitative estimate of drug-likeness (QED) is 0.907. The molecular formula is C16H22FN3. The molecule has 2 rings (SSSR count).